The highest BCUT2D eigenvalue weighted by atomic mass is 16.2. The van der Waals surface area contributed by atoms with Gasteiger partial charge in [0.15, 0.2) is 0 Å². The van der Waals surface area contributed by atoms with Crippen LogP contribution in [0.5, 0.6) is 0 Å². The van der Waals surface area contributed by atoms with Gasteiger partial charge in [0.25, 0.3) is 0 Å². The first kappa shape index (κ1) is 25.0. The zero-order chi connectivity index (χ0) is 23.5. The van der Waals surface area contributed by atoms with E-state index in [4.69, 9.17) is 4.98 Å². The van der Waals surface area contributed by atoms with Gasteiger partial charge in [-0.1, -0.05) is 43.5 Å². The summed E-state index contributed by atoms with van der Waals surface area (Å²) in [7, 11) is 1.77. The lowest BCUT2D eigenvalue weighted by atomic mass is 9.94. The summed E-state index contributed by atoms with van der Waals surface area (Å²) in [5, 5.41) is 3.31. The van der Waals surface area contributed by atoms with Crippen molar-refractivity contribution < 1.29 is 4.79 Å². The number of hydrogen-bond acceptors (Lipinski definition) is 5. The molecule has 1 aromatic heterocycles. The molecular weight excluding hydrogens is 398 g/mol. The van der Waals surface area contributed by atoms with Gasteiger partial charge in [0, 0.05) is 56.1 Å². The molecule has 1 amide bonds. The molecular formula is C26H35N5O. The second kappa shape index (κ2) is 12.5. The molecule has 2 rings (SSSR count). The summed E-state index contributed by atoms with van der Waals surface area (Å²) >= 11 is 0. The molecule has 32 heavy (non-hydrogen) atoms. The molecule has 1 saturated heterocycles. The van der Waals surface area contributed by atoms with Crippen LogP contribution in [0.15, 0.2) is 60.3 Å². The molecule has 1 aromatic rings. The zero-order valence-corrected chi connectivity index (χ0v) is 19.8. The van der Waals surface area contributed by atoms with Gasteiger partial charge in [-0.15, -0.1) is 0 Å². The SMILES string of the molecule is C=C/C=C(\C(C)=NC)c1nc(NCCCN2CCCC2=O)ncc1C(/C=C\C)=C(\C)C=C. The van der Waals surface area contributed by atoms with E-state index in [-0.39, 0.29) is 5.91 Å². The average molecular weight is 434 g/mol. The Bertz CT molecular complexity index is 968. The first-order chi connectivity index (χ1) is 15.5. The molecule has 0 unspecified atom stereocenters. The molecule has 0 aromatic carbocycles. The molecule has 1 N–H and O–H groups in total. The maximum Gasteiger partial charge on any atom is 0.223 e. The minimum atomic E-state index is 0.252. The van der Waals surface area contributed by atoms with Gasteiger partial charge in [-0.3, -0.25) is 9.79 Å². The smallest absolute Gasteiger partial charge is 0.223 e. The maximum atomic E-state index is 11.8. The minimum absolute atomic E-state index is 0.252. The number of hydrogen-bond donors (Lipinski definition) is 1. The predicted molar refractivity (Wildman–Crippen MR) is 136 cm³/mol. The van der Waals surface area contributed by atoms with E-state index in [2.05, 4.69) is 28.5 Å². The second-order valence-corrected chi connectivity index (χ2v) is 7.65. The molecule has 0 spiro atoms. The van der Waals surface area contributed by atoms with Gasteiger partial charge in [0.2, 0.25) is 11.9 Å². The number of carbonyl (C=O) groups excluding carboxylic acids is 1. The number of likely N-dealkylation sites (tertiary alicyclic amines) is 1. The standard InChI is InChI=1S/C26H35N5O/c1-7-12-21(19(4)9-3)23-18-29-26(28-15-11-17-31-16-10-14-24(31)32)30-25(23)22(13-8-2)20(5)27-6/h7-9,12-13,18H,2-3,10-11,14-17H2,1,4-6H3,(H,28,29,30)/b12-7-,21-19+,22-13+,27-20?. The Morgan fingerprint density at radius 2 is 2.12 bits per heavy atom. The summed E-state index contributed by atoms with van der Waals surface area (Å²) in [5.74, 6) is 0.800. The van der Waals surface area contributed by atoms with Crippen LogP contribution in [0.25, 0.3) is 11.1 Å². The monoisotopic (exact) mass is 433 g/mol. The highest BCUT2D eigenvalue weighted by Gasteiger charge is 2.19. The number of allylic oxidation sites excluding steroid dienone is 8. The van der Waals surface area contributed by atoms with E-state index in [1.54, 1.807) is 13.1 Å². The second-order valence-electron chi connectivity index (χ2n) is 7.65. The van der Waals surface area contributed by atoms with Gasteiger partial charge in [0.1, 0.15) is 0 Å². The molecule has 0 atom stereocenters. The van der Waals surface area contributed by atoms with Crippen molar-refractivity contribution in [3.05, 3.63) is 66.6 Å². The molecule has 6 heteroatoms. The average Bonchev–Trinajstić information content (AvgIpc) is 3.22. The fourth-order valence-electron chi connectivity index (χ4n) is 3.60. The molecule has 2 heterocycles. The zero-order valence-electron chi connectivity index (χ0n) is 19.8. The van der Waals surface area contributed by atoms with E-state index in [0.717, 1.165) is 59.6 Å². The summed E-state index contributed by atoms with van der Waals surface area (Å²) in [6.07, 6.45) is 13.9. The fraction of sp³-hybridized carbons (Fsp3) is 0.385. The fourth-order valence-corrected chi connectivity index (χ4v) is 3.60. The van der Waals surface area contributed by atoms with Gasteiger partial charge in [0.05, 0.1) is 5.69 Å². The van der Waals surface area contributed by atoms with E-state index in [1.807, 2.05) is 56.2 Å². The Labute approximate surface area is 192 Å². The number of nitrogens with zero attached hydrogens (tertiary/aromatic N) is 4. The van der Waals surface area contributed by atoms with Gasteiger partial charge >= 0.3 is 0 Å². The normalized spacial score (nSPS) is 15.9. The van der Waals surface area contributed by atoms with Crippen molar-refractivity contribution in [3.8, 4) is 0 Å². The van der Waals surface area contributed by atoms with Crippen molar-refractivity contribution in [2.75, 3.05) is 32.0 Å². The molecule has 0 saturated carbocycles. The van der Waals surface area contributed by atoms with Gasteiger partial charge in [-0.2, -0.15) is 0 Å². The Kier molecular flexibility index (Phi) is 9.79. The minimum Gasteiger partial charge on any atom is -0.354 e. The highest BCUT2D eigenvalue weighted by molar-refractivity contribution is 6.23. The largest absolute Gasteiger partial charge is 0.354 e. The molecule has 0 bridgehead atoms. The third kappa shape index (κ3) is 6.36. The van der Waals surface area contributed by atoms with Crippen LogP contribution in [0.2, 0.25) is 0 Å². The molecule has 0 radical (unpaired) electrons. The summed E-state index contributed by atoms with van der Waals surface area (Å²) in [5.41, 5.74) is 5.49. The number of anilines is 1. The first-order valence-corrected chi connectivity index (χ1v) is 11.1. The Morgan fingerprint density at radius 3 is 2.72 bits per heavy atom. The van der Waals surface area contributed by atoms with Crippen LogP contribution in [-0.2, 0) is 4.79 Å². The van der Waals surface area contributed by atoms with Crippen LogP contribution in [0.4, 0.5) is 5.95 Å². The van der Waals surface area contributed by atoms with Crippen LogP contribution in [0.3, 0.4) is 0 Å². The Balaban J connectivity index is 2.38. The molecule has 6 nitrogen and oxygen atoms in total. The van der Waals surface area contributed by atoms with Crippen LogP contribution in [-0.4, -0.2) is 53.2 Å². The lowest BCUT2D eigenvalue weighted by Gasteiger charge is -2.17. The first-order valence-electron chi connectivity index (χ1n) is 11.1. The highest BCUT2D eigenvalue weighted by Crippen LogP contribution is 2.29. The van der Waals surface area contributed by atoms with E-state index in [1.165, 1.54) is 0 Å². The Hall–Kier alpha value is -3.28. The Morgan fingerprint density at radius 1 is 1.34 bits per heavy atom. The van der Waals surface area contributed by atoms with E-state index in [9.17, 15) is 4.79 Å². The van der Waals surface area contributed by atoms with Crippen molar-refractivity contribution in [1.82, 2.24) is 14.9 Å². The van der Waals surface area contributed by atoms with E-state index >= 15 is 0 Å². The molecule has 170 valence electrons. The number of amides is 1. The third-order valence-corrected chi connectivity index (χ3v) is 5.47. The number of rotatable bonds is 11. The number of aromatic nitrogens is 2. The number of nitrogens with one attached hydrogen (secondary N) is 1. The lowest BCUT2D eigenvalue weighted by molar-refractivity contribution is -0.127. The van der Waals surface area contributed by atoms with Gasteiger partial charge in [-0.25, -0.2) is 9.97 Å². The summed E-state index contributed by atoms with van der Waals surface area (Å²) in [4.78, 5) is 27.5. The van der Waals surface area contributed by atoms with Crippen LogP contribution < -0.4 is 5.32 Å². The van der Waals surface area contributed by atoms with E-state index in [0.29, 0.717) is 18.9 Å². The van der Waals surface area contributed by atoms with Crippen molar-refractivity contribution in [3.63, 3.8) is 0 Å². The third-order valence-electron chi connectivity index (χ3n) is 5.47. The van der Waals surface area contributed by atoms with Crippen LogP contribution >= 0.6 is 0 Å². The molecule has 1 fully saturated rings. The van der Waals surface area contributed by atoms with Gasteiger partial charge < -0.3 is 10.2 Å². The van der Waals surface area contributed by atoms with E-state index < -0.39 is 0 Å². The van der Waals surface area contributed by atoms with Crippen molar-refractivity contribution in [1.29, 1.82) is 0 Å². The predicted octanol–water partition coefficient (Wildman–Crippen LogP) is 5.10. The summed E-state index contributed by atoms with van der Waals surface area (Å²) in [6.45, 7) is 16.1. The van der Waals surface area contributed by atoms with Gasteiger partial charge in [-0.05, 0) is 44.8 Å². The summed E-state index contributed by atoms with van der Waals surface area (Å²) in [6, 6.07) is 0. The van der Waals surface area contributed by atoms with Crippen molar-refractivity contribution >= 4 is 28.7 Å². The maximum absolute atomic E-state index is 11.8. The summed E-state index contributed by atoms with van der Waals surface area (Å²) < 4.78 is 0. The molecule has 1 aliphatic rings. The van der Waals surface area contributed by atoms with Crippen LogP contribution in [0.1, 0.15) is 51.3 Å². The molecule has 1 aliphatic heterocycles. The molecule has 0 aliphatic carbocycles. The quantitative estimate of drug-likeness (QED) is 0.299. The van der Waals surface area contributed by atoms with Crippen molar-refractivity contribution in [2.45, 2.75) is 40.0 Å². The van der Waals surface area contributed by atoms with Crippen molar-refractivity contribution in [2.24, 2.45) is 4.99 Å². The lowest BCUT2D eigenvalue weighted by Crippen LogP contribution is -2.27. The van der Waals surface area contributed by atoms with Crippen LogP contribution in [0, 0.1) is 0 Å². The number of carbonyl (C=O) groups is 1. The number of aliphatic imine (C=N–C) groups is 1. The topological polar surface area (TPSA) is 70.5 Å².